The van der Waals surface area contributed by atoms with Crippen LogP contribution < -0.4 is 4.74 Å². The maximum atomic E-state index is 13.1. The fourth-order valence-electron chi connectivity index (χ4n) is 7.09. The molecule has 1 aromatic rings. The van der Waals surface area contributed by atoms with E-state index in [0.29, 0.717) is 12.2 Å². The normalized spacial score (nSPS) is 47.7. The monoisotopic (exact) mass is 356 g/mol. The number of carbonyl (C=O) groups excluding carboxylic acids is 1. The van der Waals surface area contributed by atoms with E-state index in [1.54, 1.807) is 6.07 Å². The van der Waals surface area contributed by atoms with Crippen molar-refractivity contribution in [3.05, 3.63) is 23.3 Å². The minimum atomic E-state index is -1.03. The molecule has 0 aromatic heterocycles. The summed E-state index contributed by atoms with van der Waals surface area (Å²) in [7, 11) is 2.27. The van der Waals surface area contributed by atoms with Crippen molar-refractivity contribution in [3.8, 4) is 11.5 Å². The number of Topliss-reactive ketones (excluding diaryl/α,β-unsaturated/α-hetero) is 1. The highest BCUT2D eigenvalue weighted by atomic mass is 16.5. The molecule has 2 heterocycles. The number of piperidine rings is 1. The number of ether oxygens (including phenoxy) is 1. The van der Waals surface area contributed by atoms with Crippen LogP contribution in [0.2, 0.25) is 0 Å². The summed E-state index contributed by atoms with van der Waals surface area (Å²) in [6.45, 7) is 2.98. The number of rotatable bonds is 2. The van der Waals surface area contributed by atoms with Crippen molar-refractivity contribution < 1.29 is 24.2 Å². The first-order valence-corrected chi connectivity index (χ1v) is 9.91. The average molecular weight is 356 g/mol. The Kier molecular flexibility index (Phi) is 2.55. The molecule has 1 spiro atoms. The third-order valence-electron chi connectivity index (χ3n) is 8.50. The van der Waals surface area contributed by atoms with Crippen LogP contribution >= 0.6 is 0 Å². The lowest BCUT2D eigenvalue weighted by Gasteiger charge is -2.66. The van der Waals surface area contributed by atoms with E-state index in [4.69, 9.17) is 4.74 Å². The van der Waals surface area contributed by atoms with Crippen LogP contribution in [0.4, 0.5) is 0 Å². The summed E-state index contributed by atoms with van der Waals surface area (Å²) >= 11 is 0. The van der Waals surface area contributed by atoms with Gasteiger partial charge in [-0.25, -0.2) is 0 Å². The Morgan fingerprint density at radius 3 is 2.81 bits per heavy atom. The minimum absolute atomic E-state index is 0.0593. The zero-order chi connectivity index (χ0) is 18.1. The topological polar surface area (TPSA) is 66.8 Å². The Bertz CT molecular complexity index is 860. The largest absolute Gasteiger partial charge is 0.504 e. The van der Waals surface area contributed by atoms with Gasteiger partial charge in [0.25, 0.3) is 0 Å². The number of likely N-dealkylation sites (tertiary alicyclic amines) is 1. The van der Waals surface area contributed by atoms with Crippen LogP contribution in [0.3, 0.4) is 0 Å². The van der Waals surface area contributed by atoms with E-state index in [1.165, 1.54) is 12.8 Å². The average Bonchev–Trinajstić information content (AvgIpc) is 3.29. The predicted molar refractivity (Wildman–Crippen MR) is 94.1 cm³/mol. The smallest absolute Gasteiger partial charge is 0.180 e. The Morgan fingerprint density at radius 2 is 2.08 bits per heavy atom. The van der Waals surface area contributed by atoms with Crippen LogP contribution in [0.5, 0.6) is 11.5 Å². The van der Waals surface area contributed by atoms with Gasteiger partial charge in [0, 0.05) is 24.3 Å². The molecule has 2 N–H and O–H groups in total. The second-order valence-electron chi connectivity index (χ2n) is 9.79. The number of phenolic OH excluding ortho intramolecular Hbond substituents is 1. The van der Waals surface area contributed by atoms with Crippen molar-refractivity contribution in [1.82, 2.24) is 0 Å². The van der Waals surface area contributed by atoms with E-state index in [0.717, 1.165) is 40.9 Å². The number of ketones is 1. The van der Waals surface area contributed by atoms with E-state index in [-0.39, 0.29) is 23.6 Å². The molecule has 138 valence electrons. The summed E-state index contributed by atoms with van der Waals surface area (Å²) in [5.41, 5.74) is 0.324. The first-order chi connectivity index (χ1) is 12.3. The molecule has 0 amide bonds. The van der Waals surface area contributed by atoms with Gasteiger partial charge < -0.3 is 19.4 Å². The lowest BCUT2D eigenvalue weighted by Crippen LogP contribution is -2.83. The zero-order valence-electron chi connectivity index (χ0n) is 15.4. The fourth-order valence-corrected chi connectivity index (χ4v) is 7.09. The Labute approximate surface area is 153 Å². The Hall–Kier alpha value is -1.59. The lowest BCUT2D eigenvalue weighted by molar-refractivity contribution is -0.973. The van der Waals surface area contributed by atoms with Crippen LogP contribution in [0, 0.1) is 5.92 Å². The third kappa shape index (κ3) is 1.48. The maximum Gasteiger partial charge on any atom is 0.180 e. The highest BCUT2D eigenvalue weighted by molar-refractivity contribution is 5.90. The van der Waals surface area contributed by atoms with Crippen LogP contribution in [-0.2, 0) is 16.6 Å². The van der Waals surface area contributed by atoms with Crippen molar-refractivity contribution in [2.24, 2.45) is 5.92 Å². The number of likely N-dealkylation sites (N-methyl/N-ethyl adjacent to an activating group) is 1. The van der Waals surface area contributed by atoms with Gasteiger partial charge in [0.2, 0.25) is 0 Å². The summed E-state index contributed by atoms with van der Waals surface area (Å²) in [5, 5.41) is 22.3. The molecule has 6 rings (SSSR count). The van der Waals surface area contributed by atoms with Gasteiger partial charge >= 0.3 is 0 Å². The molecule has 0 radical (unpaired) electrons. The maximum absolute atomic E-state index is 13.1. The van der Waals surface area contributed by atoms with Crippen molar-refractivity contribution >= 4 is 5.78 Å². The molecule has 2 unspecified atom stereocenters. The van der Waals surface area contributed by atoms with Crippen LogP contribution in [-0.4, -0.2) is 57.9 Å². The molecule has 2 saturated carbocycles. The predicted octanol–water partition coefficient (Wildman–Crippen LogP) is 1.67. The fraction of sp³-hybridized carbons (Fsp3) is 0.667. The summed E-state index contributed by atoms with van der Waals surface area (Å²) in [5.74, 6) is 1.35. The van der Waals surface area contributed by atoms with E-state index in [9.17, 15) is 15.0 Å². The second-order valence-corrected chi connectivity index (χ2v) is 9.79. The van der Waals surface area contributed by atoms with Gasteiger partial charge in [-0.3, -0.25) is 4.79 Å². The number of fused-ring (bicyclic) bond motifs is 2. The number of hydrogen-bond acceptors (Lipinski definition) is 4. The summed E-state index contributed by atoms with van der Waals surface area (Å²) < 4.78 is 6.87. The molecule has 5 nitrogen and oxygen atoms in total. The van der Waals surface area contributed by atoms with E-state index >= 15 is 0 Å². The van der Waals surface area contributed by atoms with Gasteiger partial charge in [0.1, 0.15) is 11.6 Å². The molecule has 5 heteroatoms. The van der Waals surface area contributed by atoms with Crippen LogP contribution in [0.25, 0.3) is 0 Å². The second kappa shape index (κ2) is 4.28. The molecule has 3 aliphatic carbocycles. The molecule has 3 bridgehead atoms. The van der Waals surface area contributed by atoms with E-state index < -0.39 is 17.1 Å². The molecular formula is C21H26NO4+. The standard InChI is InChI=1S/C21H25NO4/c1-20(25)16-7-12-5-6-14(23)18-17(12)21(20)9-13(8-15(24)19(21)26-18)22(16,2)10-11-3-4-11/h5-6,11,13,16,19,25H,3-4,7-10H2,1-2H3/p+1/t13?,16-,19+,20-,21+,22?/m1/s1. The molecule has 2 aliphatic heterocycles. The van der Waals surface area contributed by atoms with Crippen molar-refractivity contribution in [1.29, 1.82) is 0 Å². The van der Waals surface area contributed by atoms with Crippen molar-refractivity contribution in [2.45, 2.75) is 68.2 Å². The summed E-state index contributed by atoms with van der Waals surface area (Å²) in [6, 6.07) is 3.95. The van der Waals surface area contributed by atoms with Gasteiger partial charge in [-0.2, -0.15) is 0 Å². The highest BCUT2D eigenvalue weighted by Crippen LogP contribution is 2.66. The van der Waals surface area contributed by atoms with Crippen LogP contribution in [0.15, 0.2) is 12.1 Å². The van der Waals surface area contributed by atoms with Crippen molar-refractivity contribution in [3.63, 3.8) is 0 Å². The number of aromatic hydroxyl groups is 1. The summed E-state index contributed by atoms with van der Waals surface area (Å²) in [6.07, 6.45) is 3.95. The van der Waals surface area contributed by atoms with Gasteiger partial charge in [0.05, 0.1) is 31.5 Å². The number of phenols is 1. The minimum Gasteiger partial charge on any atom is -0.504 e. The van der Waals surface area contributed by atoms with Crippen LogP contribution in [0.1, 0.15) is 43.7 Å². The molecule has 5 aliphatic rings. The zero-order valence-corrected chi connectivity index (χ0v) is 15.4. The van der Waals surface area contributed by atoms with Gasteiger partial charge in [-0.15, -0.1) is 0 Å². The van der Waals surface area contributed by atoms with Gasteiger partial charge in [-0.05, 0) is 31.4 Å². The summed E-state index contributed by atoms with van der Waals surface area (Å²) in [4.78, 5) is 13.1. The Morgan fingerprint density at radius 1 is 1.31 bits per heavy atom. The Balaban J connectivity index is 1.64. The van der Waals surface area contributed by atoms with E-state index in [1.807, 2.05) is 13.0 Å². The number of quaternary nitrogens is 1. The first kappa shape index (κ1) is 15.5. The number of carbonyl (C=O) groups is 1. The SMILES string of the molecule is C[C@@]1(O)[C@H]2Cc3ccc(O)c4c3[C@]13CC(CC(=O)[C@@H]3O4)[N+]2(C)CC1CC1. The van der Waals surface area contributed by atoms with Gasteiger partial charge in [-0.1, -0.05) is 6.07 Å². The number of nitrogens with zero attached hydrogens (tertiary/aromatic N) is 1. The molecule has 6 atom stereocenters. The highest BCUT2D eigenvalue weighted by Gasteiger charge is 2.77. The van der Waals surface area contributed by atoms with Gasteiger partial charge in [0.15, 0.2) is 23.4 Å². The molecule has 3 fully saturated rings. The molecule has 1 saturated heterocycles. The number of benzene rings is 1. The van der Waals surface area contributed by atoms with Crippen molar-refractivity contribution in [2.75, 3.05) is 13.6 Å². The third-order valence-corrected chi connectivity index (χ3v) is 8.50. The number of hydrogen-bond donors (Lipinski definition) is 2. The lowest BCUT2D eigenvalue weighted by atomic mass is 9.48. The number of aliphatic hydroxyl groups is 1. The quantitative estimate of drug-likeness (QED) is 0.791. The molecular weight excluding hydrogens is 330 g/mol. The molecule has 1 aromatic carbocycles. The molecule has 26 heavy (non-hydrogen) atoms. The first-order valence-electron chi connectivity index (χ1n) is 9.91. The van der Waals surface area contributed by atoms with E-state index in [2.05, 4.69) is 7.05 Å².